The van der Waals surface area contributed by atoms with Crippen molar-refractivity contribution in [1.29, 1.82) is 0 Å². The number of ether oxygens (including phenoxy) is 3. The van der Waals surface area contributed by atoms with Crippen LogP contribution in [-0.2, 0) is 11.3 Å². The molecule has 0 bridgehead atoms. The Morgan fingerprint density at radius 1 is 0.966 bits per heavy atom. The first-order chi connectivity index (χ1) is 14.1. The second-order valence-corrected chi connectivity index (χ2v) is 5.93. The van der Waals surface area contributed by atoms with E-state index in [1.54, 1.807) is 19.2 Å². The Morgan fingerprint density at radius 2 is 1.69 bits per heavy atom. The summed E-state index contributed by atoms with van der Waals surface area (Å²) in [6.45, 7) is 5.70. The highest BCUT2D eigenvalue weighted by Crippen LogP contribution is 2.30. The maximum atomic E-state index is 11.2. The van der Waals surface area contributed by atoms with E-state index in [1.165, 1.54) is 7.11 Å². The monoisotopic (exact) mass is 400 g/mol. The van der Waals surface area contributed by atoms with Gasteiger partial charge in [0.05, 0.1) is 27.4 Å². The van der Waals surface area contributed by atoms with E-state index in [2.05, 4.69) is 25.7 Å². The normalized spacial score (nSPS) is 10.8. The van der Waals surface area contributed by atoms with Crippen LogP contribution in [0, 0.1) is 0 Å². The fraction of sp³-hybridized carbons (Fsp3) is 0.333. The maximum Gasteiger partial charge on any atom is 0.411 e. The van der Waals surface area contributed by atoms with E-state index in [-0.39, 0.29) is 0 Å². The quantitative estimate of drug-likeness (QED) is 0.460. The number of nitrogens with zero attached hydrogens (tertiary/aromatic N) is 1. The molecule has 0 saturated heterocycles. The standard InChI is InChI=1S/C21H28N4O4/c1-5-22-20(24-17-11-12-18(29-6-2)19(13-17)27-3)23-14-15-7-9-16(10-8-15)25-21(26)28-4/h7-13H,5-6,14H2,1-4H3,(H,25,26)(H2,22,23,24). The summed E-state index contributed by atoms with van der Waals surface area (Å²) in [4.78, 5) is 15.9. The minimum atomic E-state index is -0.500. The molecule has 0 spiro atoms. The lowest BCUT2D eigenvalue weighted by molar-refractivity contribution is 0.187. The number of anilines is 2. The van der Waals surface area contributed by atoms with Gasteiger partial charge in [-0.2, -0.15) is 0 Å². The van der Waals surface area contributed by atoms with Crippen LogP contribution in [0.15, 0.2) is 47.5 Å². The van der Waals surface area contributed by atoms with Gasteiger partial charge < -0.3 is 24.8 Å². The highest BCUT2D eigenvalue weighted by atomic mass is 16.5. The third kappa shape index (κ3) is 6.91. The van der Waals surface area contributed by atoms with Crippen LogP contribution in [0.25, 0.3) is 0 Å². The van der Waals surface area contributed by atoms with Crippen molar-refractivity contribution in [1.82, 2.24) is 5.32 Å². The van der Waals surface area contributed by atoms with E-state index in [4.69, 9.17) is 9.47 Å². The molecule has 2 aromatic rings. The Hall–Kier alpha value is -3.42. The van der Waals surface area contributed by atoms with Crippen LogP contribution in [0.1, 0.15) is 19.4 Å². The van der Waals surface area contributed by atoms with Crippen LogP contribution in [0.2, 0.25) is 0 Å². The first kappa shape index (κ1) is 21.9. The number of guanidine groups is 1. The first-order valence-corrected chi connectivity index (χ1v) is 9.39. The van der Waals surface area contributed by atoms with Crippen molar-refractivity contribution in [3.8, 4) is 11.5 Å². The number of aliphatic imine (C=N–C) groups is 1. The summed E-state index contributed by atoms with van der Waals surface area (Å²) in [5.74, 6) is 2.00. The summed E-state index contributed by atoms with van der Waals surface area (Å²) in [6.07, 6.45) is -0.500. The molecule has 0 aliphatic heterocycles. The average Bonchev–Trinajstić information content (AvgIpc) is 2.74. The van der Waals surface area contributed by atoms with Crippen LogP contribution in [0.4, 0.5) is 16.2 Å². The second kappa shape index (κ2) is 11.4. The first-order valence-electron chi connectivity index (χ1n) is 9.39. The van der Waals surface area contributed by atoms with Gasteiger partial charge in [-0.1, -0.05) is 12.1 Å². The van der Waals surface area contributed by atoms with Crippen molar-refractivity contribution in [2.24, 2.45) is 4.99 Å². The summed E-state index contributed by atoms with van der Waals surface area (Å²) >= 11 is 0. The third-order valence-corrected chi connectivity index (χ3v) is 3.88. The Kier molecular flexibility index (Phi) is 8.62. The molecular weight excluding hydrogens is 372 g/mol. The van der Waals surface area contributed by atoms with Crippen LogP contribution in [0.5, 0.6) is 11.5 Å². The second-order valence-electron chi connectivity index (χ2n) is 5.93. The molecule has 3 N–H and O–H groups in total. The van der Waals surface area contributed by atoms with Crippen molar-refractivity contribution in [3.63, 3.8) is 0 Å². The number of nitrogens with one attached hydrogen (secondary N) is 3. The van der Waals surface area contributed by atoms with Gasteiger partial charge in [0, 0.05) is 24.0 Å². The van der Waals surface area contributed by atoms with Gasteiger partial charge in [-0.15, -0.1) is 0 Å². The number of carbonyl (C=O) groups excluding carboxylic acids is 1. The summed E-state index contributed by atoms with van der Waals surface area (Å²) < 4.78 is 15.5. The SMILES string of the molecule is CCNC(=NCc1ccc(NC(=O)OC)cc1)Nc1ccc(OCC)c(OC)c1. The number of carbonyl (C=O) groups is 1. The van der Waals surface area contributed by atoms with Gasteiger partial charge in [0.2, 0.25) is 0 Å². The molecule has 0 saturated carbocycles. The molecule has 29 heavy (non-hydrogen) atoms. The van der Waals surface area contributed by atoms with E-state index in [0.717, 1.165) is 17.8 Å². The zero-order valence-electron chi connectivity index (χ0n) is 17.2. The number of benzene rings is 2. The molecule has 8 heteroatoms. The van der Waals surface area contributed by atoms with Crippen molar-refractivity contribution in [2.45, 2.75) is 20.4 Å². The molecule has 0 aliphatic rings. The molecule has 2 aromatic carbocycles. The lowest BCUT2D eigenvalue weighted by Crippen LogP contribution is -2.30. The van der Waals surface area contributed by atoms with E-state index in [9.17, 15) is 4.79 Å². The van der Waals surface area contributed by atoms with Gasteiger partial charge in [-0.05, 0) is 43.7 Å². The predicted octanol–water partition coefficient (Wildman–Crippen LogP) is 3.85. The molecule has 0 fully saturated rings. The molecule has 8 nitrogen and oxygen atoms in total. The molecule has 2 rings (SSSR count). The summed E-state index contributed by atoms with van der Waals surface area (Å²) in [5, 5.41) is 9.10. The summed E-state index contributed by atoms with van der Waals surface area (Å²) in [6, 6.07) is 13.1. The van der Waals surface area contributed by atoms with E-state index in [1.807, 2.05) is 44.2 Å². The molecule has 0 radical (unpaired) electrons. The highest BCUT2D eigenvalue weighted by Gasteiger charge is 2.07. The number of hydrogen-bond acceptors (Lipinski definition) is 5. The minimum absolute atomic E-state index is 0.474. The van der Waals surface area contributed by atoms with E-state index < -0.39 is 6.09 Å². The molecule has 0 atom stereocenters. The number of methoxy groups -OCH3 is 2. The third-order valence-electron chi connectivity index (χ3n) is 3.88. The maximum absolute atomic E-state index is 11.2. The zero-order chi connectivity index (χ0) is 21.1. The van der Waals surface area contributed by atoms with Crippen molar-refractivity contribution in [3.05, 3.63) is 48.0 Å². The van der Waals surface area contributed by atoms with E-state index in [0.29, 0.717) is 36.3 Å². The molecule has 0 heterocycles. The topological polar surface area (TPSA) is 93.2 Å². The molecule has 0 aromatic heterocycles. The molecule has 0 aliphatic carbocycles. The van der Waals surface area contributed by atoms with Crippen molar-refractivity contribution >= 4 is 23.4 Å². The molecule has 156 valence electrons. The van der Waals surface area contributed by atoms with Gasteiger partial charge in [0.15, 0.2) is 17.5 Å². The average molecular weight is 400 g/mol. The lowest BCUT2D eigenvalue weighted by Gasteiger charge is -2.14. The fourth-order valence-corrected chi connectivity index (χ4v) is 2.50. The number of hydrogen-bond donors (Lipinski definition) is 3. The van der Waals surface area contributed by atoms with Crippen LogP contribution in [-0.4, -0.2) is 39.4 Å². The van der Waals surface area contributed by atoms with E-state index >= 15 is 0 Å². The lowest BCUT2D eigenvalue weighted by atomic mass is 10.2. The van der Waals surface area contributed by atoms with Gasteiger partial charge in [-0.25, -0.2) is 9.79 Å². The molecule has 1 amide bonds. The van der Waals surface area contributed by atoms with Crippen molar-refractivity contribution < 1.29 is 19.0 Å². The number of amides is 1. The molecular formula is C21H28N4O4. The van der Waals surface area contributed by atoms with Crippen LogP contribution < -0.4 is 25.4 Å². The summed E-state index contributed by atoms with van der Waals surface area (Å²) in [7, 11) is 2.94. The Balaban J connectivity index is 2.07. The Labute approximate surface area is 171 Å². The van der Waals surface area contributed by atoms with Crippen LogP contribution >= 0.6 is 0 Å². The van der Waals surface area contributed by atoms with Gasteiger partial charge in [0.25, 0.3) is 0 Å². The smallest absolute Gasteiger partial charge is 0.411 e. The molecule has 0 unspecified atom stereocenters. The van der Waals surface area contributed by atoms with Gasteiger partial charge in [0.1, 0.15) is 0 Å². The highest BCUT2D eigenvalue weighted by molar-refractivity contribution is 5.94. The van der Waals surface area contributed by atoms with Crippen LogP contribution in [0.3, 0.4) is 0 Å². The van der Waals surface area contributed by atoms with Crippen molar-refractivity contribution in [2.75, 3.05) is 38.0 Å². The number of rotatable bonds is 8. The largest absolute Gasteiger partial charge is 0.493 e. The Bertz CT molecular complexity index is 822. The fourth-order valence-electron chi connectivity index (χ4n) is 2.50. The summed E-state index contributed by atoms with van der Waals surface area (Å²) in [5.41, 5.74) is 2.50. The predicted molar refractivity (Wildman–Crippen MR) is 115 cm³/mol. The minimum Gasteiger partial charge on any atom is -0.493 e. The van der Waals surface area contributed by atoms with Gasteiger partial charge >= 0.3 is 6.09 Å². The Morgan fingerprint density at radius 3 is 2.31 bits per heavy atom. The van der Waals surface area contributed by atoms with Gasteiger partial charge in [-0.3, -0.25) is 5.32 Å². The zero-order valence-corrected chi connectivity index (χ0v) is 17.2.